The van der Waals surface area contributed by atoms with Crippen LogP contribution in [-0.4, -0.2) is 39.3 Å². The largest absolute Gasteiger partial charge is 0.457 e. The first-order chi connectivity index (χ1) is 12.7. The van der Waals surface area contributed by atoms with E-state index < -0.39 is 7.60 Å². The zero-order valence-electron chi connectivity index (χ0n) is 15.5. The molecule has 0 aliphatic carbocycles. The van der Waals surface area contributed by atoms with Crippen LogP contribution < -0.4 is 4.74 Å². The van der Waals surface area contributed by atoms with Crippen molar-refractivity contribution in [3.8, 4) is 11.5 Å². The summed E-state index contributed by atoms with van der Waals surface area (Å²) >= 11 is 8.46. The summed E-state index contributed by atoms with van der Waals surface area (Å²) in [7, 11) is -0.154. The topological polar surface area (TPSA) is 70.0 Å². The molecule has 0 aromatic heterocycles. The maximum Gasteiger partial charge on any atom is 0.325 e. The van der Waals surface area contributed by atoms with Crippen molar-refractivity contribution in [1.82, 2.24) is 4.90 Å². The van der Waals surface area contributed by atoms with Crippen molar-refractivity contribution >= 4 is 36.8 Å². The molecule has 0 saturated carbocycles. The van der Waals surface area contributed by atoms with E-state index >= 15 is 0 Å². The lowest BCUT2D eigenvalue weighted by molar-refractivity contribution is 0.371. The molecule has 0 spiro atoms. The van der Waals surface area contributed by atoms with Gasteiger partial charge in [-0.05, 0) is 49.1 Å². The molecule has 0 radical (unpaired) electrons. The minimum absolute atomic E-state index is 0.0484. The Bertz CT molecular complexity index is 750. The molecule has 2 aromatic carbocycles. The Hall–Kier alpha value is -1.37. The van der Waals surface area contributed by atoms with Crippen LogP contribution in [-0.2, 0) is 11.0 Å². The van der Waals surface area contributed by atoms with Gasteiger partial charge in [-0.15, -0.1) is 12.6 Å². The zero-order valence-corrected chi connectivity index (χ0v) is 18.1. The minimum Gasteiger partial charge on any atom is -0.457 e. The molecule has 0 atom stereocenters. The first kappa shape index (κ1) is 23.7. The highest BCUT2D eigenvalue weighted by molar-refractivity contribution is 8.10. The van der Waals surface area contributed by atoms with Gasteiger partial charge in [0.25, 0.3) is 0 Å². The Kier molecular flexibility index (Phi) is 10.7. The minimum atomic E-state index is -3.87. The van der Waals surface area contributed by atoms with Crippen molar-refractivity contribution in [2.75, 3.05) is 20.3 Å². The van der Waals surface area contributed by atoms with Gasteiger partial charge in [0.1, 0.15) is 15.8 Å². The lowest BCUT2D eigenvalue weighted by atomic mass is 10.1. The molecule has 27 heavy (non-hydrogen) atoms. The molecule has 0 bridgehead atoms. The van der Waals surface area contributed by atoms with E-state index in [1.807, 2.05) is 68.7 Å². The SMILES string of the molecule is CN(C)C(=S)S.O=P(O)(O)CCCCc1cccc(Oc2ccccc2)c1. The number of para-hydroxylation sites is 1. The fourth-order valence-corrected chi connectivity index (χ4v) is 2.67. The Morgan fingerprint density at radius 3 is 2.22 bits per heavy atom. The van der Waals surface area contributed by atoms with Gasteiger partial charge in [0.15, 0.2) is 0 Å². The van der Waals surface area contributed by atoms with Crippen LogP contribution in [0.1, 0.15) is 18.4 Å². The third-order valence-corrected chi connectivity index (χ3v) is 5.09. The summed E-state index contributed by atoms with van der Waals surface area (Å²) in [6.07, 6.45) is 2.01. The molecular weight excluding hydrogens is 401 g/mol. The average Bonchev–Trinajstić information content (AvgIpc) is 2.60. The van der Waals surface area contributed by atoms with Crippen LogP contribution in [0, 0.1) is 0 Å². The number of benzene rings is 2. The molecule has 2 aromatic rings. The van der Waals surface area contributed by atoms with Crippen LogP contribution in [0.5, 0.6) is 11.5 Å². The second-order valence-electron chi connectivity index (χ2n) is 6.08. The number of hydrogen-bond donors (Lipinski definition) is 3. The van der Waals surface area contributed by atoms with E-state index in [4.69, 9.17) is 14.5 Å². The van der Waals surface area contributed by atoms with E-state index in [0.717, 1.165) is 29.9 Å². The molecule has 8 heteroatoms. The van der Waals surface area contributed by atoms with E-state index in [9.17, 15) is 4.57 Å². The quantitative estimate of drug-likeness (QED) is 0.257. The Morgan fingerprint density at radius 1 is 1.07 bits per heavy atom. The second kappa shape index (κ2) is 12.2. The monoisotopic (exact) mass is 427 g/mol. The predicted octanol–water partition coefficient (Wildman–Crippen LogP) is 4.74. The molecule has 0 saturated heterocycles. The van der Waals surface area contributed by atoms with Gasteiger partial charge in [-0.3, -0.25) is 4.57 Å². The maximum absolute atomic E-state index is 10.8. The highest BCUT2D eigenvalue weighted by atomic mass is 32.1. The van der Waals surface area contributed by atoms with Crippen LogP contribution in [0.4, 0.5) is 0 Å². The van der Waals surface area contributed by atoms with Crippen LogP contribution in [0.2, 0.25) is 0 Å². The zero-order chi connectivity index (χ0) is 20.3. The number of hydrogen-bond acceptors (Lipinski definition) is 3. The van der Waals surface area contributed by atoms with Crippen LogP contribution >= 0.6 is 32.4 Å². The summed E-state index contributed by atoms with van der Waals surface area (Å²) in [5.74, 6) is 1.56. The van der Waals surface area contributed by atoms with Crippen molar-refractivity contribution in [3.63, 3.8) is 0 Å². The van der Waals surface area contributed by atoms with Gasteiger partial charge in [0.2, 0.25) is 0 Å². The first-order valence-electron chi connectivity index (χ1n) is 8.44. The molecule has 2 rings (SSSR count). The van der Waals surface area contributed by atoms with Crippen molar-refractivity contribution < 1.29 is 19.1 Å². The Labute approximate surface area is 171 Å². The fraction of sp³-hybridized carbons (Fsp3) is 0.316. The summed E-state index contributed by atoms with van der Waals surface area (Å²) in [6.45, 7) is 0. The Morgan fingerprint density at radius 2 is 1.67 bits per heavy atom. The second-order valence-corrected chi connectivity index (χ2v) is 8.97. The average molecular weight is 428 g/mol. The number of nitrogens with zero attached hydrogens (tertiary/aromatic N) is 1. The first-order valence-corrected chi connectivity index (χ1v) is 11.1. The van der Waals surface area contributed by atoms with E-state index in [2.05, 4.69) is 24.8 Å². The summed E-state index contributed by atoms with van der Waals surface area (Å²) < 4.78 is 17.1. The number of ether oxygens (including phenoxy) is 1. The molecule has 2 N–H and O–H groups in total. The molecule has 0 fully saturated rings. The van der Waals surface area contributed by atoms with Crippen molar-refractivity contribution in [2.45, 2.75) is 19.3 Å². The van der Waals surface area contributed by atoms with E-state index in [1.165, 1.54) is 0 Å². The van der Waals surface area contributed by atoms with E-state index in [-0.39, 0.29) is 6.16 Å². The summed E-state index contributed by atoms with van der Waals surface area (Å²) in [5.41, 5.74) is 1.11. The molecule has 0 unspecified atom stereocenters. The number of thiol groups is 1. The fourth-order valence-electron chi connectivity index (χ4n) is 2.04. The van der Waals surface area contributed by atoms with Crippen LogP contribution in [0.25, 0.3) is 0 Å². The highest BCUT2D eigenvalue weighted by Crippen LogP contribution is 2.35. The lowest BCUT2D eigenvalue weighted by Gasteiger charge is -2.08. The van der Waals surface area contributed by atoms with Crippen molar-refractivity contribution in [3.05, 3.63) is 60.2 Å². The molecule has 0 amide bonds. The van der Waals surface area contributed by atoms with Gasteiger partial charge in [0, 0.05) is 20.3 Å². The van der Waals surface area contributed by atoms with Gasteiger partial charge in [-0.25, -0.2) is 0 Å². The van der Waals surface area contributed by atoms with Gasteiger partial charge < -0.3 is 19.4 Å². The summed E-state index contributed by atoms with van der Waals surface area (Å²) in [4.78, 5) is 19.4. The standard InChI is InChI=1S/C16H19O4P.C3H7NS2/c17-21(18,19)12-5-4-7-14-8-6-11-16(13-14)20-15-9-2-1-3-10-15;1-4(2)3(5)6/h1-3,6,8-11,13H,4-5,7,12H2,(H2,17,18,19);1-2H3,(H,5,6). The predicted molar refractivity (Wildman–Crippen MR) is 118 cm³/mol. The van der Waals surface area contributed by atoms with Crippen molar-refractivity contribution in [2.24, 2.45) is 0 Å². The molecule has 148 valence electrons. The lowest BCUT2D eigenvalue weighted by Crippen LogP contribution is -2.12. The normalized spacial score (nSPS) is 10.6. The number of thiocarbonyl (C=S) groups is 1. The third-order valence-electron chi connectivity index (χ3n) is 3.42. The van der Waals surface area contributed by atoms with Gasteiger partial charge in [0.05, 0.1) is 0 Å². The maximum atomic E-state index is 10.8. The molecule has 0 aliphatic heterocycles. The number of rotatable bonds is 7. The Balaban J connectivity index is 0.000000527. The molecule has 0 heterocycles. The van der Waals surface area contributed by atoms with Gasteiger partial charge >= 0.3 is 7.60 Å². The number of aryl methyl sites for hydroxylation is 1. The van der Waals surface area contributed by atoms with E-state index in [0.29, 0.717) is 10.7 Å². The highest BCUT2D eigenvalue weighted by Gasteiger charge is 2.11. The smallest absolute Gasteiger partial charge is 0.325 e. The molecule has 5 nitrogen and oxygen atoms in total. The number of unbranched alkanes of at least 4 members (excludes halogenated alkanes) is 1. The van der Waals surface area contributed by atoms with Gasteiger partial charge in [-0.2, -0.15) is 0 Å². The molecule has 0 aliphatic rings. The van der Waals surface area contributed by atoms with E-state index in [1.54, 1.807) is 4.90 Å². The molecular formula is C19H26NO4PS2. The third kappa shape index (κ3) is 11.8. The van der Waals surface area contributed by atoms with Gasteiger partial charge in [-0.1, -0.05) is 42.5 Å². The summed E-state index contributed by atoms with van der Waals surface area (Å²) in [5, 5.41) is 0. The van der Waals surface area contributed by atoms with Crippen LogP contribution in [0.15, 0.2) is 54.6 Å². The summed E-state index contributed by atoms with van der Waals surface area (Å²) in [6, 6.07) is 17.3. The van der Waals surface area contributed by atoms with Crippen LogP contribution in [0.3, 0.4) is 0 Å². The van der Waals surface area contributed by atoms with Crippen molar-refractivity contribution in [1.29, 1.82) is 0 Å².